The van der Waals surface area contributed by atoms with Crippen LogP contribution in [0.2, 0.25) is 0 Å². The number of fused-ring (bicyclic) bond motifs is 1. The van der Waals surface area contributed by atoms with Crippen LogP contribution < -0.4 is 5.32 Å². The minimum absolute atomic E-state index is 0.337. The third kappa shape index (κ3) is 2.03. The number of phenolic OH excluding ortho intramolecular Hbond substituents is 1. The average molecular weight is 232 g/mol. The van der Waals surface area contributed by atoms with Gasteiger partial charge in [0.1, 0.15) is 5.75 Å². The van der Waals surface area contributed by atoms with Gasteiger partial charge in [0.25, 0.3) is 0 Å². The van der Waals surface area contributed by atoms with Crippen molar-refractivity contribution in [1.82, 2.24) is 9.88 Å². The smallest absolute Gasteiger partial charge is 0.116 e. The van der Waals surface area contributed by atoms with Crippen LogP contribution in [0.1, 0.15) is 25.1 Å². The van der Waals surface area contributed by atoms with E-state index >= 15 is 0 Å². The molecular weight excluding hydrogens is 212 g/mol. The Kier molecular flexibility index (Phi) is 3.38. The van der Waals surface area contributed by atoms with Gasteiger partial charge in [-0.3, -0.25) is 0 Å². The largest absolute Gasteiger partial charge is 0.508 e. The van der Waals surface area contributed by atoms with Crippen molar-refractivity contribution in [3.8, 4) is 5.75 Å². The van der Waals surface area contributed by atoms with Gasteiger partial charge in [-0.2, -0.15) is 0 Å². The highest BCUT2D eigenvalue weighted by Gasteiger charge is 2.12. The van der Waals surface area contributed by atoms with Gasteiger partial charge >= 0.3 is 0 Å². The normalized spacial score (nSPS) is 11.2. The van der Waals surface area contributed by atoms with Crippen LogP contribution in [0.3, 0.4) is 0 Å². The molecule has 3 heteroatoms. The Morgan fingerprint density at radius 2 is 2.06 bits per heavy atom. The summed E-state index contributed by atoms with van der Waals surface area (Å²) in [5.41, 5.74) is 3.78. The number of benzene rings is 1. The Bertz CT molecular complexity index is 528. The van der Waals surface area contributed by atoms with Crippen LogP contribution in [0.5, 0.6) is 5.75 Å². The van der Waals surface area contributed by atoms with Gasteiger partial charge in [0, 0.05) is 29.7 Å². The summed E-state index contributed by atoms with van der Waals surface area (Å²) in [6.45, 7) is 9.17. The highest BCUT2D eigenvalue weighted by molar-refractivity contribution is 5.86. The molecule has 0 fully saturated rings. The molecule has 17 heavy (non-hydrogen) atoms. The Labute approximate surface area is 102 Å². The van der Waals surface area contributed by atoms with Gasteiger partial charge in [-0.15, -0.1) is 0 Å². The van der Waals surface area contributed by atoms with Crippen molar-refractivity contribution < 1.29 is 5.11 Å². The fourth-order valence-electron chi connectivity index (χ4n) is 2.42. The number of aromatic nitrogens is 1. The van der Waals surface area contributed by atoms with E-state index in [0.717, 1.165) is 25.0 Å². The SMILES string of the molecule is CCNCc1c(C)n(CC)c2ccc(O)cc12. The Morgan fingerprint density at radius 3 is 2.71 bits per heavy atom. The van der Waals surface area contributed by atoms with Crippen LogP contribution in [0, 0.1) is 6.92 Å². The zero-order chi connectivity index (χ0) is 12.4. The summed E-state index contributed by atoms with van der Waals surface area (Å²) >= 11 is 0. The first-order chi connectivity index (χ1) is 8.19. The lowest BCUT2D eigenvalue weighted by molar-refractivity contribution is 0.476. The number of hydrogen-bond donors (Lipinski definition) is 2. The van der Waals surface area contributed by atoms with Crippen LogP contribution in [0.4, 0.5) is 0 Å². The minimum Gasteiger partial charge on any atom is -0.508 e. The fourth-order valence-corrected chi connectivity index (χ4v) is 2.42. The van der Waals surface area contributed by atoms with Crippen LogP contribution in [-0.2, 0) is 13.1 Å². The zero-order valence-corrected chi connectivity index (χ0v) is 10.7. The first-order valence-electron chi connectivity index (χ1n) is 6.20. The Balaban J connectivity index is 2.62. The molecule has 2 N–H and O–H groups in total. The molecule has 92 valence electrons. The number of rotatable bonds is 4. The molecule has 3 nitrogen and oxygen atoms in total. The standard InChI is InChI=1S/C14H20N2O/c1-4-15-9-13-10(3)16(5-2)14-7-6-11(17)8-12(13)14/h6-8,15,17H,4-5,9H2,1-3H3. The molecule has 0 atom stereocenters. The van der Waals surface area contributed by atoms with E-state index < -0.39 is 0 Å². The summed E-state index contributed by atoms with van der Waals surface area (Å²) in [5.74, 6) is 0.337. The summed E-state index contributed by atoms with van der Waals surface area (Å²) in [4.78, 5) is 0. The number of aromatic hydroxyl groups is 1. The lowest BCUT2D eigenvalue weighted by Crippen LogP contribution is -2.12. The lowest BCUT2D eigenvalue weighted by Gasteiger charge is -2.05. The minimum atomic E-state index is 0.337. The van der Waals surface area contributed by atoms with Crippen molar-refractivity contribution in [2.75, 3.05) is 6.54 Å². The molecule has 0 spiro atoms. The number of hydrogen-bond acceptors (Lipinski definition) is 2. The van der Waals surface area contributed by atoms with Crippen molar-refractivity contribution >= 4 is 10.9 Å². The van der Waals surface area contributed by atoms with E-state index in [-0.39, 0.29) is 0 Å². The molecule has 2 aromatic rings. The second-order valence-corrected chi connectivity index (χ2v) is 4.29. The zero-order valence-electron chi connectivity index (χ0n) is 10.7. The molecule has 0 aliphatic carbocycles. The maximum absolute atomic E-state index is 9.62. The van der Waals surface area contributed by atoms with E-state index in [9.17, 15) is 5.11 Å². The van der Waals surface area contributed by atoms with E-state index in [1.807, 2.05) is 12.1 Å². The Hall–Kier alpha value is -1.48. The predicted octanol–water partition coefficient (Wildman–Crippen LogP) is 2.78. The highest BCUT2D eigenvalue weighted by atomic mass is 16.3. The summed E-state index contributed by atoms with van der Waals surface area (Å²) in [6.07, 6.45) is 0. The maximum atomic E-state index is 9.62. The van der Waals surface area contributed by atoms with E-state index in [2.05, 4.69) is 30.7 Å². The molecule has 0 bridgehead atoms. The predicted molar refractivity (Wildman–Crippen MR) is 71.4 cm³/mol. The Morgan fingerprint density at radius 1 is 1.29 bits per heavy atom. The molecular formula is C14H20N2O. The van der Waals surface area contributed by atoms with Crippen LogP contribution in [0.15, 0.2) is 18.2 Å². The summed E-state index contributed by atoms with van der Waals surface area (Å²) < 4.78 is 2.29. The van der Waals surface area contributed by atoms with Crippen molar-refractivity contribution in [2.45, 2.75) is 33.9 Å². The number of phenols is 1. The first-order valence-corrected chi connectivity index (χ1v) is 6.20. The van der Waals surface area contributed by atoms with Crippen molar-refractivity contribution in [1.29, 1.82) is 0 Å². The molecule has 0 amide bonds. The number of aryl methyl sites for hydroxylation is 1. The van der Waals surface area contributed by atoms with E-state index in [1.165, 1.54) is 16.8 Å². The van der Waals surface area contributed by atoms with Crippen LogP contribution >= 0.6 is 0 Å². The molecule has 1 aromatic carbocycles. The number of nitrogens with zero attached hydrogens (tertiary/aromatic N) is 1. The molecule has 0 aliphatic rings. The second kappa shape index (κ2) is 4.80. The van der Waals surface area contributed by atoms with Crippen LogP contribution in [0.25, 0.3) is 10.9 Å². The van der Waals surface area contributed by atoms with Gasteiger partial charge in [0.2, 0.25) is 0 Å². The monoisotopic (exact) mass is 232 g/mol. The number of nitrogens with one attached hydrogen (secondary N) is 1. The van der Waals surface area contributed by atoms with Gasteiger partial charge in [-0.25, -0.2) is 0 Å². The van der Waals surface area contributed by atoms with Crippen LogP contribution in [-0.4, -0.2) is 16.2 Å². The third-order valence-corrected chi connectivity index (χ3v) is 3.31. The van der Waals surface area contributed by atoms with Gasteiger partial charge in [-0.05, 0) is 44.2 Å². The lowest BCUT2D eigenvalue weighted by atomic mass is 10.1. The molecule has 2 rings (SSSR count). The van der Waals surface area contributed by atoms with Crippen molar-refractivity contribution in [3.63, 3.8) is 0 Å². The molecule has 0 saturated heterocycles. The topological polar surface area (TPSA) is 37.2 Å². The molecule has 0 radical (unpaired) electrons. The van der Waals surface area contributed by atoms with Crippen molar-refractivity contribution in [2.24, 2.45) is 0 Å². The van der Waals surface area contributed by atoms with Gasteiger partial charge in [0.15, 0.2) is 0 Å². The third-order valence-electron chi connectivity index (χ3n) is 3.31. The first kappa shape index (κ1) is 12.0. The quantitative estimate of drug-likeness (QED) is 0.850. The maximum Gasteiger partial charge on any atom is 0.116 e. The second-order valence-electron chi connectivity index (χ2n) is 4.29. The fraction of sp³-hybridized carbons (Fsp3) is 0.429. The van der Waals surface area contributed by atoms with Gasteiger partial charge in [0.05, 0.1) is 0 Å². The van der Waals surface area contributed by atoms with E-state index in [0.29, 0.717) is 5.75 Å². The molecule has 1 heterocycles. The van der Waals surface area contributed by atoms with E-state index in [1.54, 1.807) is 6.07 Å². The highest BCUT2D eigenvalue weighted by Crippen LogP contribution is 2.28. The summed E-state index contributed by atoms with van der Waals surface area (Å²) in [5, 5.41) is 14.1. The molecule has 0 unspecified atom stereocenters. The molecule has 0 aliphatic heterocycles. The van der Waals surface area contributed by atoms with E-state index in [4.69, 9.17) is 0 Å². The summed E-state index contributed by atoms with van der Waals surface area (Å²) in [6, 6.07) is 5.61. The molecule has 1 aromatic heterocycles. The summed E-state index contributed by atoms with van der Waals surface area (Å²) in [7, 11) is 0. The van der Waals surface area contributed by atoms with Crippen molar-refractivity contribution in [3.05, 3.63) is 29.5 Å². The average Bonchev–Trinajstić information content (AvgIpc) is 2.58. The van der Waals surface area contributed by atoms with Gasteiger partial charge in [-0.1, -0.05) is 6.92 Å². The van der Waals surface area contributed by atoms with Gasteiger partial charge < -0.3 is 15.0 Å². The molecule has 0 saturated carbocycles.